The van der Waals surface area contributed by atoms with E-state index in [0.717, 1.165) is 70.6 Å². The van der Waals surface area contributed by atoms with Crippen molar-refractivity contribution in [3.8, 4) is 28.4 Å². The van der Waals surface area contributed by atoms with Gasteiger partial charge in [-0.3, -0.25) is 0 Å². The molecule has 0 unspecified atom stereocenters. The quantitative estimate of drug-likeness (QED) is 0.230. The molecule has 40 heavy (non-hydrogen) atoms. The summed E-state index contributed by atoms with van der Waals surface area (Å²) in [7, 11) is 3.34. The van der Waals surface area contributed by atoms with Crippen LogP contribution in [0, 0.1) is 0 Å². The molecular weight excluding hydrogens is 500 g/mol. The third-order valence-electron chi connectivity index (χ3n) is 8.17. The third kappa shape index (κ3) is 6.03. The first-order chi connectivity index (χ1) is 19.6. The first-order valence-electron chi connectivity index (χ1n) is 14.3. The fraction of sp³-hybridized carbons (Fsp3) is 0.353. The van der Waals surface area contributed by atoms with Crippen molar-refractivity contribution in [1.29, 1.82) is 0 Å². The van der Waals surface area contributed by atoms with Gasteiger partial charge in [-0.25, -0.2) is 0 Å². The van der Waals surface area contributed by atoms with Crippen molar-refractivity contribution in [3.05, 3.63) is 95.3 Å². The van der Waals surface area contributed by atoms with Gasteiger partial charge in [-0.05, 0) is 25.3 Å². The average Bonchev–Trinajstić information content (AvgIpc) is 3.00. The number of hydrogen-bond donors (Lipinski definition) is 4. The highest BCUT2D eigenvalue weighted by Gasteiger charge is 2.25. The van der Waals surface area contributed by atoms with Gasteiger partial charge < -0.3 is 30.3 Å². The van der Waals surface area contributed by atoms with Crippen LogP contribution >= 0.6 is 0 Å². The molecule has 4 N–H and O–H groups in total. The first kappa shape index (κ1) is 27.8. The van der Waals surface area contributed by atoms with E-state index in [0.29, 0.717) is 18.8 Å². The lowest BCUT2D eigenvalue weighted by Gasteiger charge is -2.33. The second-order valence-corrected chi connectivity index (χ2v) is 10.6. The highest BCUT2D eigenvalue weighted by atomic mass is 16.5. The lowest BCUT2D eigenvalue weighted by molar-refractivity contribution is 0.278. The summed E-state index contributed by atoms with van der Waals surface area (Å²) < 4.78 is 11.1. The predicted molar refractivity (Wildman–Crippen MR) is 160 cm³/mol. The summed E-state index contributed by atoms with van der Waals surface area (Å²) in [4.78, 5) is 0. The largest absolute Gasteiger partial charge is 0.507 e. The minimum absolute atomic E-state index is 0.262. The molecule has 0 amide bonds. The predicted octanol–water partition coefficient (Wildman–Crippen LogP) is 6.67. The molecule has 3 aromatic rings. The molecule has 0 bridgehead atoms. The number of benzene rings is 3. The van der Waals surface area contributed by atoms with Crippen LogP contribution < -0.4 is 15.4 Å². The van der Waals surface area contributed by atoms with Gasteiger partial charge in [-0.15, -0.1) is 0 Å². The van der Waals surface area contributed by atoms with E-state index < -0.39 is 0 Å². The Morgan fingerprint density at radius 1 is 0.725 bits per heavy atom. The SMILES string of the molecule is COC1=C(c2cccc(CN[C@@H]3CCCC[C@H]3NCc3cccc(-c4ccccc4OC)c3O)c2O)C=CCC1. The third-order valence-corrected chi connectivity index (χ3v) is 8.17. The molecule has 2 aliphatic carbocycles. The van der Waals surface area contributed by atoms with E-state index in [1.165, 1.54) is 12.8 Å². The molecule has 1 saturated carbocycles. The number of aromatic hydroxyl groups is 2. The molecule has 2 aliphatic rings. The fourth-order valence-corrected chi connectivity index (χ4v) is 5.97. The molecule has 2 atom stereocenters. The Morgan fingerprint density at radius 2 is 1.32 bits per heavy atom. The molecule has 1 fully saturated rings. The second-order valence-electron chi connectivity index (χ2n) is 10.6. The van der Waals surface area contributed by atoms with E-state index in [-0.39, 0.29) is 17.8 Å². The van der Waals surface area contributed by atoms with Crippen LogP contribution in [0.1, 0.15) is 55.2 Å². The van der Waals surface area contributed by atoms with E-state index in [2.05, 4.69) is 16.7 Å². The molecule has 210 valence electrons. The van der Waals surface area contributed by atoms with E-state index >= 15 is 0 Å². The van der Waals surface area contributed by atoms with Crippen LogP contribution in [0.25, 0.3) is 16.7 Å². The van der Waals surface area contributed by atoms with Crippen LogP contribution in [-0.4, -0.2) is 36.5 Å². The fourth-order valence-electron chi connectivity index (χ4n) is 5.97. The van der Waals surface area contributed by atoms with Gasteiger partial charge in [0.25, 0.3) is 0 Å². The van der Waals surface area contributed by atoms with Gasteiger partial charge in [0.2, 0.25) is 0 Å². The van der Waals surface area contributed by atoms with Crippen LogP contribution in [0.5, 0.6) is 17.2 Å². The minimum Gasteiger partial charge on any atom is -0.507 e. The maximum absolute atomic E-state index is 11.2. The van der Waals surface area contributed by atoms with Crippen molar-refractivity contribution in [1.82, 2.24) is 10.6 Å². The molecule has 6 nitrogen and oxygen atoms in total. The Hall–Kier alpha value is -3.74. The van der Waals surface area contributed by atoms with Crippen molar-refractivity contribution in [2.24, 2.45) is 0 Å². The first-order valence-corrected chi connectivity index (χ1v) is 14.3. The molecule has 0 radical (unpaired) electrons. The van der Waals surface area contributed by atoms with Crippen molar-refractivity contribution in [2.45, 2.75) is 63.7 Å². The summed E-state index contributed by atoms with van der Waals surface area (Å²) in [6, 6.07) is 20.1. The highest BCUT2D eigenvalue weighted by Crippen LogP contribution is 2.38. The number of ether oxygens (including phenoxy) is 2. The summed E-state index contributed by atoms with van der Waals surface area (Å²) >= 11 is 0. The lowest BCUT2D eigenvalue weighted by atomic mass is 9.89. The monoisotopic (exact) mass is 540 g/mol. The van der Waals surface area contributed by atoms with Gasteiger partial charge in [0.1, 0.15) is 23.0 Å². The zero-order valence-electron chi connectivity index (χ0n) is 23.5. The number of allylic oxidation sites excluding steroid dienone is 4. The van der Waals surface area contributed by atoms with Crippen LogP contribution in [-0.2, 0) is 17.8 Å². The van der Waals surface area contributed by atoms with Crippen molar-refractivity contribution in [2.75, 3.05) is 14.2 Å². The van der Waals surface area contributed by atoms with Crippen molar-refractivity contribution < 1.29 is 19.7 Å². The van der Waals surface area contributed by atoms with Crippen molar-refractivity contribution in [3.63, 3.8) is 0 Å². The summed E-state index contributed by atoms with van der Waals surface area (Å²) in [6.45, 7) is 1.15. The van der Waals surface area contributed by atoms with Gasteiger partial charge in [0, 0.05) is 65.0 Å². The number of para-hydroxylation sites is 3. The molecule has 5 rings (SSSR count). The van der Waals surface area contributed by atoms with E-state index in [4.69, 9.17) is 9.47 Å². The molecule has 0 aromatic heterocycles. The Bertz CT molecular complexity index is 1380. The normalized spacial score (nSPS) is 19.1. The van der Waals surface area contributed by atoms with Crippen LogP contribution in [0.3, 0.4) is 0 Å². The van der Waals surface area contributed by atoms with Gasteiger partial charge >= 0.3 is 0 Å². The maximum atomic E-state index is 11.2. The van der Waals surface area contributed by atoms with Crippen molar-refractivity contribution >= 4 is 5.57 Å². The van der Waals surface area contributed by atoms with Gasteiger partial charge in [-0.2, -0.15) is 0 Å². The lowest BCUT2D eigenvalue weighted by Crippen LogP contribution is -2.49. The molecular formula is C34H40N2O4. The Kier molecular flexibility index (Phi) is 9.09. The number of methoxy groups -OCH3 is 2. The summed E-state index contributed by atoms with van der Waals surface area (Å²) in [6.07, 6.45) is 10.4. The number of phenolic OH excluding ortho intramolecular Hbond substituents is 2. The maximum Gasteiger partial charge on any atom is 0.128 e. The van der Waals surface area contributed by atoms with Crippen LogP contribution in [0.15, 0.2) is 78.6 Å². The summed E-state index contributed by atoms with van der Waals surface area (Å²) in [5.41, 5.74) is 5.16. The number of rotatable bonds is 10. The van der Waals surface area contributed by atoms with Gasteiger partial charge in [0.15, 0.2) is 0 Å². The zero-order valence-corrected chi connectivity index (χ0v) is 23.5. The smallest absolute Gasteiger partial charge is 0.128 e. The summed E-state index contributed by atoms with van der Waals surface area (Å²) in [5.74, 6) is 2.24. The van der Waals surface area contributed by atoms with Crippen LogP contribution in [0.4, 0.5) is 0 Å². The minimum atomic E-state index is 0.262. The molecule has 0 aliphatic heterocycles. The Morgan fingerprint density at radius 3 is 1.98 bits per heavy atom. The molecule has 6 heteroatoms. The van der Waals surface area contributed by atoms with E-state index in [1.807, 2.05) is 66.7 Å². The molecule has 0 saturated heterocycles. The molecule has 3 aromatic carbocycles. The second kappa shape index (κ2) is 13.1. The number of nitrogens with one attached hydrogen (secondary N) is 2. The summed E-state index contributed by atoms with van der Waals surface area (Å²) in [5, 5.41) is 29.8. The highest BCUT2D eigenvalue weighted by molar-refractivity contribution is 5.80. The Balaban J connectivity index is 1.27. The van der Waals surface area contributed by atoms with Gasteiger partial charge in [0.05, 0.1) is 14.2 Å². The average molecular weight is 541 g/mol. The van der Waals surface area contributed by atoms with Gasteiger partial charge in [-0.1, -0.05) is 79.6 Å². The van der Waals surface area contributed by atoms with E-state index in [9.17, 15) is 10.2 Å². The Labute approximate surface area is 237 Å². The number of phenols is 2. The number of hydrogen-bond acceptors (Lipinski definition) is 6. The zero-order chi connectivity index (χ0) is 27.9. The standard InChI is InChI=1S/C34H40N2O4/c1-39-31-19-7-3-13-25(31)27-15-9-11-23(33(27)37)21-35-29-17-5-6-18-30(29)36-22-24-12-10-16-28(34(24)38)26-14-4-8-20-32(26)40-2/h3-4,7,9-16,19,29-30,35-38H,5-6,8,17-18,20-22H2,1-2H3/t29-,30-/m1/s1. The molecule has 0 heterocycles. The van der Waals surface area contributed by atoms with Crippen LogP contribution in [0.2, 0.25) is 0 Å². The topological polar surface area (TPSA) is 83.0 Å². The molecule has 0 spiro atoms. The van der Waals surface area contributed by atoms with E-state index in [1.54, 1.807) is 14.2 Å².